The molecule has 4 rings (SSSR count). The Bertz CT molecular complexity index is 1050. The van der Waals surface area contributed by atoms with Gasteiger partial charge in [0, 0.05) is 24.4 Å². The highest BCUT2D eigenvalue weighted by molar-refractivity contribution is 7.91. The minimum atomic E-state index is -3.16. The molecule has 28 heavy (non-hydrogen) atoms. The second-order valence-electron chi connectivity index (χ2n) is 6.55. The van der Waals surface area contributed by atoms with Crippen LogP contribution in [0.5, 0.6) is 0 Å². The molecule has 0 spiro atoms. The van der Waals surface area contributed by atoms with E-state index in [1.807, 2.05) is 18.2 Å². The first-order valence-electron chi connectivity index (χ1n) is 8.69. The molecule has 4 heterocycles. The van der Waals surface area contributed by atoms with Crippen LogP contribution in [0.15, 0.2) is 34.9 Å². The van der Waals surface area contributed by atoms with Gasteiger partial charge in [0.25, 0.3) is 5.91 Å². The van der Waals surface area contributed by atoms with Crippen LogP contribution in [0.4, 0.5) is 5.13 Å². The van der Waals surface area contributed by atoms with Gasteiger partial charge in [-0.25, -0.2) is 18.4 Å². The second-order valence-corrected chi connectivity index (χ2v) is 9.64. The van der Waals surface area contributed by atoms with Crippen molar-refractivity contribution in [1.82, 2.24) is 15.0 Å². The number of hydrogen-bond acceptors (Lipinski definition) is 8. The molecule has 2 aromatic heterocycles. The fourth-order valence-electron chi connectivity index (χ4n) is 3.12. The van der Waals surface area contributed by atoms with Crippen molar-refractivity contribution in [3.8, 4) is 11.4 Å². The number of anilines is 1. The molecule has 11 heteroatoms. The predicted molar refractivity (Wildman–Crippen MR) is 105 cm³/mol. The van der Waals surface area contributed by atoms with Crippen molar-refractivity contribution in [2.45, 2.75) is 25.3 Å². The topological polar surface area (TPSA) is 122 Å². The molecular weight excluding hydrogens is 402 g/mol. The molecule has 146 valence electrons. The minimum Gasteiger partial charge on any atom is -0.297 e. The van der Waals surface area contributed by atoms with Gasteiger partial charge in [-0.1, -0.05) is 6.07 Å². The summed E-state index contributed by atoms with van der Waals surface area (Å²) in [6, 6.07) is 4.98. The molecule has 9 nitrogen and oxygen atoms in total. The number of thiazole rings is 1. The highest BCUT2D eigenvalue weighted by Gasteiger charge is 2.37. The molecule has 2 aliphatic rings. The zero-order chi connectivity index (χ0) is 19.7. The molecule has 0 radical (unpaired) electrons. The quantitative estimate of drug-likeness (QED) is 0.797. The van der Waals surface area contributed by atoms with E-state index in [1.165, 1.54) is 16.3 Å². The molecular formula is C17H17N5O4S2. The number of carbonyl (C=O) groups is 2. The predicted octanol–water partition coefficient (Wildman–Crippen LogP) is 1.31. The number of rotatable bonds is 4. The molecule has 1 saturated heterocycles. The molecule has 1 fully saturated rings. The lowest BCUT2D eigenvalue weighted by atomic mass is 10.1. The van der Waals surface area contributed by atoms with E-state index >= 15 is 0 Å². The Hall–Kier alpha value is -2.66. The average molecular weight is 419 g/mol. The summed E-state index contributed by atoms with van der Waals surface area (Å²) in [5.41, 5.74) is 1.55. The van der Waals surface area contributed by atoms with Crippen molar-refractivity contribution in [3.63, 3.8) is 0 Å². The third-order valence-electron chi connectivity index (χ3n) is 4.53. The van der Waals surface area contributed by atoms with E-state index in [2.05, 4.69) is 20.4 Å². The van der Waals surface area contributed by atoms with Gasteiger partial charge in [-0.05, 0) is 18.6 Å². The molecule has 0 aromatic carbocycles. The Kier molecular flexibility index (Phi) is 4.94. The Morgan fingerprint density at radius 1 is 1.25 bits per heavy atom. The maximum atomic E-state index is 12.6. The zero-order valence-corrected chi connectivity index (χ0v) is 16.4. The molecule has 1 N–H and O–H groups in total. The number of nitrogens with one attached hydrogen (secondary N) is 1. The van der Waals surface area contributed by atoms with E-state index < -0.39 is 21.8 Å². The van der Waals surface area contributed by atoms with Gasteiger partial charge in [0.15, 0.2) is 15.0 Å². The summed E-state index contributed by atoms with van der Waals surface area (Å²) in [7, 11) is -3.16. The van der Waals surface area contributed by atoms with Crippen molar-refractivity contribution in [3.05, 3.63) is 29.8 Å². The molecule has 0 saturated carbocycles. The molecule has 0 aliphatic carbocycles. The van der Waals surface area contributed by atoms with E-state index in [1.54, 1.807) is 11.6 Å². The first kappa shape index (κ1) is 18.7. The summed E-state index contributed by atoms with van der Waals surface area (Å²) in [4.78, 5) is 33.3. The lowest BCUT2D eigenvalue weighted by Crippen LogP contribution is -2.42. The van der Waals surface area contributed by atoms with Crippen LogP contribution in [-0.2, 0) is 19.4 Å². The summed E-state index contributed by atoms with van der Waals surface area (Å²) < 4.78 is 23.4. The van der Waals surface area contributed by atoms with E-state index in [-0.39, 0.29) is 36.0 Å². The standard InChI is InChI=1S/C17H17N5O4S2/c23-15-5-4-13(21-22(15)11-6-8-28(25,26)10-11)16(24)20-17-19-14(9-27-17)12-3-1-2-7-18-12/h1-3,7,9,11H,4-6,8,10H2,(H,19,20,24)/t11-/m0/s1. The van der Waals surface area contributed by atoms with Gasteiger partial charge in [-0.3, -0.25) is 19.9 Å². The van der Waals surface area contributed by atoms with E-state index in [4.69, 9.17) is 0 Å². The molecule has 2 aliphatic heterocycles. The largest absolute Gasteiger partial charge is 0.297 e. The lowest BCUT2D eigenvalue weighted by molar-refractivity contribution is -0.133. The molecule has 0 bridgehead atoms. The first-order valence-corrected chi connectivity index (χ1v) is 11.4. The average Bonchev–Trinajstić information content (AvgIpc) is 3.29. The highest BCUT2D eigenvalue weighted by Crippen LogP contribution is 2.25. The van der Waals surface area contributed by atoms with Gasteiger partial charge in [0.05, 0.1) is 23.2 Å². The highest BCUT2D eigenvalue weighted by atomic mass is 32.2. The molecule has 2 aromatic rings. The van der Waals surface area contributed by atoms with Crippen LogP contribution < -0.4 is 5.32 Å². The Morgan fingerprint density at radius 2 is 2.11 bits per heavy atom. The fraction of sp³-hybridized carbons (Fsp3) is 0.353. The summed E-state index contributed by atoms with van der Waals surface area (Å²) in [5, 5.41) is 10.2. The zero-order valence-electron chi connectivity index (χ0n) is 14.7. The van der Waals surface area contributed by atoms with Crippen LogP contribution in [0.2, 0.25) is 0 Å². The number of hydrazone groups is 1. The second kappa shape index (κ2) is 7.40. The van der Waals surface area contributed by atoms with Crippen LogP contribution >= 0.6 is 11.3 Å². The van der Waals surface area contributed by atoms with Gasteiger partial charge >= 0.3 is 0 Å². The van der Waals surface area contributed by atoms with E-state index in [9.17, 15) is 18.0 Å². The number of carbonyl (C=O) groups excluding carboxylic acids is 2. The summed E-state index contributed by atoms with van der Waals surface area (Å²) >= 11 is 1.27. The number of pyridine rings is 1. The number of hydrogen-bond donors (Lipinski definition) is 1. The van der Waals surface area contributed by atoms with Gasteiger partial charge in [-0.15, -0.1) is 11.3 Å². The Labute approximate surface area is 165 Å². The fourth-order valence-corrected chi connectivity index (χ4v) is 5.51. The number of amides is 2. The van der Waals surface area contributed by atoms with Gasteiger partial charge in [-0.2, -0.15) is 5.10 Å². The minimum absolute atomic E-state index is 0.0356. The SMILES string of the molecule is O=C(Nc1nc(-c2ccccn2)cs1)C1=NN([C@H]2CCS(=O)(=O)C2)C(=O)CC1. The third kappa shape index (κ3) is 3.94. The number of sulfone groups is 1. The lowest BCUT2D eigenvalue weighted by Gasteiger charge is -2.27. The van der Waals surface area contributed by atoms with E-state index in [0.29, 0.717) is 22.9 Å². The van der Waals surface area contributed by atoms with Crippen LogP contribution in [0, 0.1) is 0 Å². The summed E-state index contributed by atoms with van der Waals surface area (Å²) in [6.45, 7) is 0. The number of nitrogens with zero attached hydrogens (tertiary/aromatic N) is 4. The van der Waals surface area contributed by atoms with Crippen LogP contribution in [-0.4, -0.2) is 58.5 Å². The Morgan fingerprint density at radius 3 is 2.82 bits per heavy atom. The molecule has 0 unspecified atom stereocenters. The van der Waals surface area contributed by atoms with Crippen molar-refractivity contribution in [2.24, 2.45) is 5.10 Å². The monoisotopic (exact) mass is 419 g/mol. The smallest absolute Gasteiger partial charge is 0.273 e. The van der Waals surface area contributed by atoms with Crippen molar-refractivity contribution in [1.29, 1.82) is 0 Å². The summed E-state index contributed by atoms with van der Waals surface area (Å²) in [6.07, 6.45) is 2.34. The van der Waals surface area contributed by atoms with Crippen LogP contribution in [0.25, 0.3) is 11.4 Å². The maximum Gasteiger partial charge on any atom is 0.273 e. The van der Waals surface area contributed by atoms with Gasteiger partial charge in [0.1, 0.15) is 11.4 Å². The normalized spacial score (nSPS) is 21.4. The third-order valence-corrected chi connectivity index (χ3v) is 7.04. The van der Waals surface area contributed by atoms with Crippen LogP contribution in [0.3, 0.4) is 0 Å². The van der Waals surface area contributed by atoms with Crippen molar-refractivity contribution < 1.29 is 18.0 Å². The number of aromatic nitrogens is 2. The molecule has 1 atom stereocenters. The van der Waals surface area contributed by atoms with Gasteiger partial charge < -0.3 is 0 Å². The van der Waals surface area contributed by atoms with Crippen molar-refractivity contribution >= 4 is 43.8 Å². The van der Waals surface area contributed by atoms with Gasteiger partial charge in [0.2, 0.25) is 5.91 Å². The summed E-state index contributed by atoms with van der Waals surface area (Å²) in [5.74, 6) is -0.782. The van der Waals surface area contributed by atoms with Crippen molar-refractivity contribution in [2.75, 3.05) is 16.8 Å². The first-order chi connectivity index (χ1) is 13.4. The van der Waals surface area contributed by atoms with E-state index in [0.717, 1.165) is 0 Å². The molecule has 2 amide bonds. The maximum absolute atomic E-state index is 12.6. The van der Waals surface area contributed by atoms with Crippen LogP contribution in [0.1, 0.15) is 19.3 Å². The Balaban J connectivity index is 1.48.